The molecule has 25 heavy (non-hydrogen) atoms. The number of aromatic nitrogens is 2. The second kappa shape index (κ2) is 8.43. The van der Waals surface area contributed by atoms with E-state index in [1.54, 1.807) is 36.0 Å². The van der Waals surface area contributed by atoms with E-state index in [4.69, 9.17) is 23.2 Å². The molecule has 0 radical (unpaired) electrons. The summed E-state index contributed by atoms with van der Waals surface area (Å²) in [5, 5.41) is 6.04. The number of rotatable bonds is 6. The van der Waals surface area contributed by atoms with E-state index in [-0.39, 0.29) is 0 Å². The van der Waals surface area contributed by atoms with Gasteiger partial charge < -0.3 is 0 Å². The molecule has 3 aromatic rings. The van der Waals surface area contributed by atoms with E-state index in [9.17, 15) is 0 Å². The molecule has 7 heteroatoms. The van der Waals surface area contributed by atoms with Crippen molar-refractivity contribution in [3.8, 4) is 11.3 Å². The van der Waals surface area contributed by atoms with Crippen LogP contribution < -0.4 is 5.43 Å². The Morgan fingerprint density at radius 1 is 1.24 bits per heavy atom. The van der Waals surface area contributed by atoms with Gasteiger partial charge in [-0.25, -0.2) is 4.98 Å². The number of hydrogen-bond donors (Lipinski definition) is 1. The summed E-state index contributed by atoms with van der Waals surface area (Å²) in [6.45, 7) is 2.14. The molecule has 0 spiro atoms. The van der Waals surface area contributed by atoms with Crippen molar-refractivity contribution in [3.05, 3.63) is 63.2 Å². The average Bonchev–Trinajstić information content (AvgIpc) is 3.01. The Morgan fingerprint density at radius 3 is 2.84 bits per heavy atom. The third-order valence-corrected chi connectivity index (χ3v) is 5.18. The summed E-state index contributed by atoms with van der Waals surface area (Å²) in [6.07, 6.45) is 7.17. The quantitative estimate of drug-likeness (QED) is 0.420. The standard InChI is InChI=1S/C18H16Cl2N4S/c1-2-4-16-17(13-6-7-14(19)15(20)9-13)23-18(25-16)24-22-11-12-5-3-8-21-10-12/h3,5-11H,2,4H2,1H3,(H,23,24)/b22-11-. The molecule has 2 heterocycles. The number of thiazole rings is 1. The van der Waals surface area contributed by atoms with Gasteiger partial charge in [0.1, 0.15) is 0 Å². The van der Waals surface area contributed by atoms with Gasteiger partial charge in [0.05, 0.1) is 22.0 Å². The fraction of sp³-hybridized carbons (Fsp3) is 0.167. The molecular weight excluding hydrogens is 375 g/mol. The lowest BCUT2D eigenvalue weighted by Gasteiger charge is -2.03. The van der Waals surface area contributed by atoms with Gasteiger partial charge in [-0.15, -0.1) is 0 Å². The van der Waals surface area contributed by atoms with Crippen LogP contribution in [0.4, 0.5) is 5.13 Å². The molecule has 0 aliphatic heterocycles. The Labute approximate surface area is 160 Å². The normalized spacial score (nSPS) is 11.2. The van der Waals surface area contributed by atoms with Crippen LogP contribution in [-0.2, 0) is 6.42 Å². The first-order valence-corrected chi connectivity index (χ1v) is 9.39. The number of nitrogens with zero attached hydrogens (tertiary/aromatic N) is 3. The molecule has 0 bridgehead atoms. The number of halogens is 2. The van der Waals surface area contributed by atoms with E-state index >= 15 is 0 Å². The van der Waals surface area contributed by atoms with E-state index < -0.39 is 0 Å². The Kier molecular flexibility index (Phi) is 6.02. The Morgan fingerprint density at radius 2 is 2.12 bits per heavy atom. The summed E-state index contributed by atoms with van der Waals surface area (Å²) in [7, 11) is 0. The van der Waals surface area contributed by atoms with Gasteiger partial charge in [-0.1, -0.05) is 60.0 Å². The molecule has 3 rings (SSSR count). The number of hydrogen-bond acceptors (Lipinski definition) is 5. The van der Waals surface area contributed by atoms with Gasteiger partial charge >= 0.3 is 0 Å². The van der Waals surface area contributed by atoms with Gasteiger partial charge in [-0.3, -0.25) is 10.4 Å². The maximum Gasteiger partial charge on any atom is 0.204 e. The number of pyridine rings is 1. The van der Waals surface area contributed by atoms with Crippen LogP contribution in [0.2, 0.25) is 10.0 Å². The molecule has 0 unspecified atom stereocenters. The van der Waals surface area contributed by atoms with E-state index in [1.165, 1.54) is 4.88 Å². The van der Waals surface area contributed by atoms with Crippen molar-refractivity contribution >= 4 is 45.9 Å². The average molecular weight is 391 g/mol. The first-order valence-electron chi connectivity index (χ1n) is 7.81. The SMILES string of the molecule is CCCc1sc(N/N=C\c2cccnc2)nc1-c1ccc(Cl)c(Cl)c1. The summed E-state index contributed by atoms with van der Waals surface area (Å²) in [5.41, 5.74) is 5.80. The van der Waals surface area contributed by atoms with Gasteiger partial charge in [0.15, 0.2) is 0 Å². The molecule has 1 N–H and O–H groups in total. The minimum Gasteiger partial charge on any atom is -0.264 e. The topological polar surface area (TPSA) is 50.2 Å². The van der Waals surface area contributed by atoms with Crippen LogP contribution >= 0.6 is 34.5 Å². The summed E-state index contributed by atoms with van der Waals surface area (Å²) >= 11 is 13.8. The van der Waals surface area contributed by atoms with Crippen molar-refractivity contribution in [2.45, 2.75) is 19.8 Å². The maximum atomic E-state index is 6.15. The van der Waals surface area contributed by atoms with Crippen LogP contribution in [0.5, 0.6) is 0 Å². The largest absolute Gasteiger partial charge is 0.264 e. The first-order chi connectivity index (χ1) is 12.2. The third-order valence-electron chi connectivity index (χ3n) is 3.43. The number of benzene rings is 1. The fourth-order valence-corrected chi connectivity index (χ4v) is 3.61. The number of anilines is 1. The Hall–Kier alpha value is -1.95. The highest BCUT2D eigenvalue weighted by atomic mass is 35.5. The van der Waals surface area contributed by atoms with Crippen LogP contribution in [-0.4, -0.2) is 16.2 Å². The highest BCUT2D eigenvalue weighted by Crippen LogP contribution is 2.35. The summed E-state index contributed by atoms with van der Waals surface area (Å²) < 4.78 is 0. The van der Waals surface area contributed by atoms with Crippen molar-refractivity contribution in [3.63, 3.8) is 0 Å². The van der Waals surface area contributed by atoms with Crippen LogP contribution in [0.25, 0.3) is 11.3 Å². The zero-order valence-corrected chi connectivity index (χ0v) is 15.9. The van der Waals surface area contributed by atoms with Gasteiger partial charge in [0.2, 0.25) is 5.13 Å². The van der Waals surface area contributed by atoms with Crippen LogP contribution in [0.3, 0.4) is 0 Å². The van der Waals surface area contributed by atoms with Crippen LogP contribution in [0.15, 0.2) is 47.8 Å². The van der Waals surface area contributed by atoms with Crippen LogP contribution in [0, 0.1) is 0 Å². The van der Waals surface area contributed by atoms with Crippen molar-refractivity contribution in [1.82, 2.24) is 9.97 Å². The van der Waals surface area contributed by atoms with E-state index in [0.29, 0.717) is 10.0 Å². The molecule has 0 saturated heterocycles. The van der Waals surface area contributed by atoms with Gasteiger partial charge in [-0.05, 0) is 24.6 Å². The summed E-state index contributed by atoms with van der Waals surface area (Å²) in [4.78, 5) is 9.92. The Balaban J connectivity index is 1.84. The van der Waals surface area contributed by atoms with Gasteiger partial charge in [0.25, 0.3) is 0 Å². The number of hydrazone groups is 1. The predicted molar refractivity (Wildman–Crippen MR) is 107 cm³/mol. The van der Waals surface area contributed by atoms with Crippen molar-refractivity contribution in [1.29, 1.82) is 0 Å². The number of nitrogens with one attached hydrogen (secondary N) is 1. The third kappa shape index (κ3) is 4.57. The molecular formula is C18H16Cl2N4S. The minimum atomic E-state index is 0.527. The molecule has 4 nitrogen and oxygen atoms in total. The smallest absolute Gasteiger partial charge is 0.204 e. The molecule has 128 valence electrons. The van der Waals surface area contributed by atoms with Gasteiger partial charge in [-0.2, -0.15) is 5.10 Å². The summed E-state index contributed by atoms with van der Waals surface area (Å²) in [5.74, 6) is 0. The second-order valence-corrected chi connectivity index (χ2v) is 7.22. The molecule has 0 aliphatic rings. The highest BCUT2D eigenvalue weighted by molar-refractivity contribution is 7.16. The highest BCUT2D eigenvalue weighted by Gasteiger charge is 2.13. The van der Waals surface area contributed by atoms with Gasteiger partial charge in [0, 0.05) is 28.4 Å². The first kappa shape index (κ1) is 17.9. The van der Waals surface area contributed by atoms with Crippen LogP contribution in [0.1, 0.15) is 23.8 Å². The molecule has 2 aromatic heterocycles. The fourth-order valence-electron chi connectivity index (χ4n) is 2.28. The van der Waals surface area contributed by atoms with Crippen molar-refractivity contribution in [2.75, 3.05) is 5.43 Å². The summed E-state index contributed by atoms with van der Waals surface area (Å²) in [6, 6.07) is 9.38. The molecule has 0 aliphatic carbocycles. The van der Waals surface area contributed by atoms with E-state index in [2.05, 4.69) is 27.4 Å². The van der Waals surface area contributed by atoms with E-state index in [1.807, 2.05) is 24.3 Å². The molecule has 1 aromatic carbocycles. The lowest BCUT2D eigenvalue weighted by molar-refractivity contribution is 0.938. The second-order valence-electron chi connectivity index (χ2n) is 5.33. The number of aryl methyl sites for hydroxylation is 1. The maximum absolute atomic E-state index is 6.15. The lowest BCUT2D eigenvalue weighted by atomic mass is 10.1. The molecule has 0 fully saturated rings. The molecule has 0 amide bonds. The Bertz CT molecular complexity index is 878. The van der Waals surface area contributed by atoms with Crippen molar-refractivity contribution in [2.24, 2.45) is 5.10 Å². The minimum absolute atomic E-state index is 0.527. The zero-order chi connectivity index (χ0) is 17.6. The van der Waals surface area contributed by atoms with Crippen molar-refractivity contribution < 1.29 is 0 Å². The lowest BCUT2D eigenvalue weighted by Crippen LogP contribution is -1.90. The molecule has 0 atom stereocenters. The van der Waals surface area contributed by atoms with E-state index in [0.717, 1.165) is 34.8 Å². The zero-order valence-electron chi connectivity index (χ0n) is 13.5. The predicted octanol–water partition coefficient (Wildman–Crippen LogP) is 5.91. The monoisotopic (exact) mass is 390 g/mol. The molecule has 0 saturated carbocycles.